The molecule has 0 unspecified atom stereocenters. The van der Waals surface area contributed by atoms with E-state index in [-0.39, 0.29) is 0 Å². The highest BCUT2D eigenvalue weighted by Crippen LogP contribution is 2.01. The Balaban J connectivity index is 2.31. The minimum absolute atomic E-state index is 1.05. The Morgan fingerprint density at radius 3 is 2.67 bits per heavy atom. The van der Waals surface area contributed by atoms with E-state index in [1.807, 2.05) is 6.20 Å². The van der Waals surface area contributed by atoms with Crippen molar-refractivity contribution in [2.45, 2.75) is 6.42 Å². The SMILES string of the molecule is C=CN1CCCN(C)C1. The molecule has 1 heterocycles. The fourth-order valence-electron chi connectivity index (χ4n) is 1.14. The van der Waals surface area contributed by atoms with E-state index < -0.39 is 0 Å². The van der Waals surface area contributed by atoms with Crippen LogP contribution in [0.2, 0.25) is 0 Å². The number of nitrogens with zero attached hydrogens (tertiary/aromatic N) is 2. The van der Waals surface area contributed by atoms with Crippen LogP contribution in [0.25, 0.3) is 0 Å². The highest BCUT2D eigenvalue weighted by molar-refractivity contribution is 4.74. The molecule has 1 aliphatic rings. The Hall–Kier alpha value is -0.500. The quantitative estimate of drug-likeness (QED) is 0.511. The predicted octanol–water partition coefficient (Wildman–Crippen LogP) is 0.725. The van der Waals surface area contributed by atoms with Gasteiger partial charge < -0.3 is 4.90 Å². The van der Waals surface area contributed by atoms with Crippen LogP contribution < -0.4 is 0 Å². The molecule has 0 spiro atoms. The maximum atomic E-state index is 3.72. The molecule has 0 amide bonds. The van der Waals surface area contributed by atoms with Crippen LogP contribution in [0.4, 0.5) is 0 Å². The summed E-state index contributed by atoms with van der Waals surface area (Å²) in [5, 5.41) is 0. The number of hydrogen-bond donors (Lipinski definition) is 0. The van der Waals surface area contributed by atoms with E-state index in [4.69, 9.17) is 0 Å². The second kappa shape index (κ2) is 2.87. The third kappa shape index (κ3) is 1.72. The molecule has 0 N–H and O–H groups in total. The predicted molar refractivity (Wildman–Crippen MR) is 39.0 cm³/mol. The lowest BCUT2D eigenvalue weighted by molar-refractivity contribution is 0.152. The third-order valence-corrected chi connectivity index (χ3v) is 1.67. The van der Waals surface area contributed by atoms with Crippen LogP contribution in [0.5, 0.6) is 0 Å². The van der Waals surface area contributed by atoms with Crippen molar-refractivity contribution < 1.29 is 0 Å². The Morgan fingerprint density at radius 2 is 2.22 bits per heavy atom. The number of hydrogen-bond acceptors (Lipinski definition) is 2. The smallest absolute Gasteiger partial charge is 0.0698 e. The zero-order chi connectivity index (χ0) is 6.69. The monoisotopic (exact) mass is 126 g/mol. The molecular formula is C7H14N2. The van der Waals surface area contributed by atoms with Crippen LogP contribution in [0, 0.1) is 0 Å². The van der Waals surface area contributed by atoms with Gasteiger partial charge in [-0.2, -0.15) is 0 Å². The summed E-state index contributed by atoms with van der Waals surface area (Å²) in [5.41, 5.74) is 0. The molecule has 0 saturated carbocycles. The maximum Gasteiger partial charge on any atom is 0.0698 e. The first-order valence-corrected chi connectivity index (χ1v) is 3.38. The first kappa shape index (κ1) is 6.62. The molecule has 1 fully saturated rings. The standard InChI is InChI=1S/C7H14N2/c1-3-9-6-4-5-8(2)7-9/h3H,1,4-7H2,2H3. The van der Waals surface area contributed by atoms with Gasteiger partial charge in [0.1, 0.15) is 0 Å². The van der Waals surface area contributed by atoms with Gasteiger partial charge in [0.15, 0.2) is 0 Å². The summed E-state index contributed by atoms with van der Waals surface area (Å²) in [4.78, 5) is 4.52. The van der Waals surface area contributed by atoms with Crippen LogP contribution in [0.1, 0.15) is 6.42 Å². The van der Waals surface area contributed by atoms with Gasteiger partial charge in [0, 0.05) is 13.1 Å². The zero-order valence-electron chi connectivity index (χ0n) is 6.01. The van der Waals surface area contributed by atoms with Crippen LogP contribution in [-0.2, 0) is 0 Å². The topological polar surface area (TPSA) is 6.48 Å². The summed E-state index contributed by atoms with van der Waals surface area (Å²) in [5.74, 6) is 0. The molecule has 1 rings (SSSR count). The minimum Gasteiger partial charge on any atom is -0.365 e. The van der Waals surface area contributed by atoms with E-state index in [1.54, 1.807) is 0 Å². The third-order valence-electron chi connectivity index (χ3n) is 1.67. The van der Waals surface area contributed by atoms with Gasteiger partial charge in [-0.3, -0.25) is 4.90 Å². The molecule has 52 valence electrons. The van der Waals surface area contributed by atoms with E-state index in [1.165, 1.54) is 19.5 Å². The zero-order valence-corrected chi connectivity index (χ0v) is 6.01. The van der Waals surface area contributed by atoms with Crippen molar-refractivity contribution >= 4 is 0 Å². The molecule has 0 bridgehead atoms. The molecular weight excluding hydrogens is 112 g/mol. The van der Waals surface area contributed by atoms with Crippen LogP contribution in [-0.4, -0.2) is 36.6 Å². The van der Waals surface area contributed by atoms with Gasteiger partial charge in [0.25, 0.3) is 0 Å². The van der Waals surface area contributed by atoms with Crippen molar-refractivity contribution in [2.75, 3.05) is 26.8 Å². The molecule has 0 aromatic rings. The van der Waals surface area contributed by atoms with E-state index in [0.717, 1.165) is 6.67 Å². The maximum absolute atomic E-state index is 3.72. The molecule has 0 aliphatic carbocycles. The summed E-state index contributed by atoms with van der Waals surface area (Å²) in [6.45, 7) is 7.16. The summed E-state index contributed by atoms with van der Waals surface area (Å²) >= 11 is 0. The van der Waals surface area contributed by atoms with Gasteiger partial charge in [-0.1, -0.05) is 6.58 Å². The lowest BCUT2D eigenvalue weighted by Gasteiger charge is -2.31. The Labute approximate surface area is 56.8 Å². The second-order valence-corrected chi connectivity index (χ2v) is 2.57. The van der Waals surface area contributed by atoms with Crippen LogP contribution in [0.3, 0.4) is 0 Å². The first-order valence-electron chi connectivity index (χ1n) is 3.38. The normalized spacial score (nSPS) is 22.1. The van der Waals surface area contributed by atoms with Crippen LogP contribution in [0.15, 0.2) is 12.8 Å². The molecule has 0 aromatic heterocycles. The van der Waals surface area contributed by atoms with Gasteiger partial charge in [-0.05, 0) is 19.7 Å². The fraction of sp³-hybridized carbons (Fsp3) is 0.714. The first-order chi connectivity index (χ1) is 4.33. The van der Waals surface area contributed by atoms with Gasteiger partial charge in [0.2, 0.25) is 0 Å². The Bertz CT molecular complexity index is 101. The minimum atomic E-state index is 1.05. The molecule has 0 aromatic carbocycles. The molecule has 1 saturated heterocycles. The highest BCUT2D eigenvalue weighted by Gasteiger charge is 2.08. The Morgan fingerprint density at radius 1 is 1.44 bits per heavy atom. The fourth-order valence-corrected chi connectivity index (χ4v) is 1.14. The van der Waals surface area contributed by atoms with Crippen molar-refractivity contribution in [2.24, 2.45) is 0 Å². The average Bonchev–Trinajstić information content (AvgIpc) is 1.88. The highest BCUT2D eigenvalue weighted by atomic mass is 15.3. The van der Waals surface area contributed by atoms with Crippen LogP contribution >= 0.6 is 0 Å². The lowest BCUT2D eigenvalue weighted by Crippen LogP contribution is -2.39. The van der Waals surface area contributed by atoms with E-state index in [0.29, 0.717) is 0 Å². The van der Waals surface area contributed by atoms with Gasteiger partial charge in [-0.25, -0.2) is 0 Å². The summed E-state index contributed by atoms with van der Waals surface area (Å²) in [6.07, 6.45) is 3.18. The van der Waals surface area contributed by atoms with E-state index >= 15 is 0 Å². The average molecular weight is 126 g/mol. The summed E-state index contributed by atoms with van der Waals surface area (Å²) in [6, 6.07) is 0. The molecule has 1 aliphatic heterocycles. The van der Waals surface area contributed by atoms with E-state index in [9.17, 15) is 0 Å². The van der Waals surface area contributed by atoms with Crippen molar-refractivity contribution in [3.05, 3.63) is 12.8 Å². The molecule has 2 heteroatoms. The van der Waals surface area contributed by atoms with Crippen molar-refractivity contribution in [3.63, 3.8) is 0 Å². The number of rotatable bonds is 1. The van der Waals surface area contributed by atoms with Crippen molar-refractivity contribution in [3.8, 4) is 0 Å². The van der Waals surface area contributed by atoms with Gasteiger partial charge in [0.05, 0.1) is 6.67 Å². The molecule has 9 heavy (non-hydrogen) atoms. The lowest BCUT2D eigenvalue weighted by atomic mass is 10.3. The molecule has 2 nitrogen and oxygen atoms in total. The van der Waals surface area contributed by atoms with Gasteiger partial charge >= 0.3 is 0 Å². The van der Waals surface area contributed by atoms with Crippen molar-refractivity contribution in [1.29, 1.82) is 0 Å². The van der Waals surface area contributed by atoms with E-state index in [2.05, 4.69) is 23.4 Å². The largest absolute Gasteiger partial charge is 0.365 e. The van der Waals surface area contributed by atoms with Crippen molar-refractivity contribution in [1.82, 2.24) is 9.80 Å². The summed E-state index contributed by atoms with van der Waals surface area (Å²) in [7, 11) is 2.13. The molecule has 0 radical (unpaired) electrons. The van der Waals surface area contributed by atoms with Gasteiger partial charge in [-0.15, -0.1) is 0 Å². The molecule has 0 atom stereocenters. The Kier molecular flexibility index (Phi) is 2.11. The summed E-state index contributed by atoms with van der Waals surface area (Å²) < 4.78 is 0. The second-order valence-electron chi connectivity index (χ2n) is 2.57.